The molecule has 2 rings (SSSR count). The molecular weight excluding hydrogens is 273 g/mol. The summed E-state index contributed by atoms with van der Waals surface area (Å²) in [4.78, 5) is 14.1. The predicted octanol–water partition coefficient (Wildman–Crippen LogP) is 1.85. The van der Waals surface area contributed by atoms with Gasteiger partial charge in [0.25, 0.3) is 0 Å². The average molecular weight is 295 g/mol. The molecule has 0 radical (unpaired) electrons. The normalized spacial score (nSPS) is 16.9. The van der Waals surface area contributed by atoms with Crippen molar-refractivity contribution in [3.8, 4) is 0 Å². The number of anilines is 2. The van der Waals surface area contributed by atoms with E-state index in [1.807, 2.05) is 6.92 Å². The standard InChI is InChI=1S/C15H22FN3O2/c1-2-21-12-5-7-19(8-6-12)10-15(20)18-14-4-3-11(16)9-13(14)17/h3-4,9,12H,2,5-8,10,17H2,1H3,(H,18,20). The Morgan fingerprint density at radius 1 is 1.48 bits per heavy atom. The van der Waals surface area contributed by atoms with Gasteiger partial charge in [-0.25, -0.2) is 4.39 Å². The van der Waals surface area contributed by atoms with Crippen LogP contribution in [0.5, 0.6) is 0 Å². The first-order valence-corrected chi connectivity index (χ1v) is 7.27. The summed E-state index contributed by atoms with van der Waals surface area (Å²) in [6.07, 6.45) is 2.20. The lowest BCUT2D eigenvalue weighted by molar-refractivity contribution is -0.118. The third-order valence-corrected chi connectivity index (χ3v) is 3.59. The van der Waals surface area contributed by atoms with Gasteiger partial charge in [-0.15, -0.1) is 0 Å². The van der Waals surface area contributed by atoms with Gasteiger partial charge in [-0.2, -0.15) is 0 Å². The fourth-order valence-corrected chi connectivity index (χ4v) is 2.51. The molecule has 0 unspecified atom stereocenters. The van der Waals surface area contributed by atoms with E-state index in [-0.39, 0.29) is 11.6 Å². The van der Waals surface area contributed by atoms with E-state index in [1.54, 1.807) is 0 Å². The maximum atomic E-state index is 12.9. The number of nitrogens with two attached hydrogens (primary N) is 1. The Morgan fingerprint density at radius 2 is 2.19 bits per heavy atom. The fraction of sp³-hybridized carbons (Fsp3) is 0.533. The Hall–Kier alpha value is -1.66. The van der Waals surface area contributed by atoms with E-state index in [1.165, 1.54) is 18.2 Å². The summed E-state index contributed by atoms with van der Waals surface area (Å²) in [5, 5.41) is 2.72. The molecule has 1 amide bonds. The molecule has 0 aromatic heterocycles. The number of likely N-dealkylation sites (tertiary alicyclic amines) is 1. The summed E-state index contributed by atoms with van der Waals surface area (Å²) in [6, 6.07) is 3.95. The molecule has 1 aliphatic heterocycles. The maximum absolute atomic E-state index is 12.9. The first-order chi connectivity index (χ1) is 10.1. The molecule has 1 aliphatic rings. The quantitative estimate of drug-likeness (QED) is 0.814. The van der Waals surface area contributed by atoms with Crippen molar-refractivity contribution in [1.29, 1.82) is 0 Å². The minimum absolute atomic E-state index is 0.136. The highest BCUT2D eigenvalue weighted by atomic mass is 19.1. The smallest absolute Gasteiger partial charge is 0.238 e. The number of hydrogen-bond donors (Lipinski definition) is 2. The van der Waals surface area contributed by atoms with Crippen molar-refractivity contribution >= 4 is 17.3 Å². The summed E-state index contributed by atoms with van der Waals surface area (Å²) in [5.41, 5.74) is 6.35. The van der Waals surface area contributed by atoms with E-state index in [0.717, 1.165) is 32.5 Å². The van der Waals surface area contributed by atoms with Gasteiger partial charge >= 0.3 is 0 Å². The van der Waals surface area contributed by atoms with Gasteiger partial charge < -0.3 is 15.8 Å². The minimum atomic E-state index is -0.413. The van der Waals surface area contributed by atoms with Crippen LogP contribution >= 0.6 is 0 Å². The Balaban J connectivity index is 1.80. The zero-order valence-corrected chi connectivity index (χ0v) is 12.3. The van der Waals surface area contributed by atoms with Crippen LogP contribution in [0.2, 0.25) is 0 Å². The molecule has 0 bridgehead atoms. The molecule has 1 fully saturated rings. The van der Waals surface area contributed by atoms with Gasteiger partial charge in [-0.1, -0.05) is 0 Å². The summed E-state index contributed by atoms with van der Waals surface area (Å²) in [7, 11) is 0. The monoisotopic (exact) mass is 295 g/mol. The molecule has 5 nitrogen and oxygen atoms in total. The molecule has 1 aromatic carbocycles. The van der Waals surface area contributed by atoms with E-state index >= 15 is 0 Å². The summed E-state index contributed by atoms with van der Waals surface area (Å²) in [5.74, 6) is -0.549. The van der Waals surface area contributed by atoms with Crippen molar-refractivity contribution < 1.29 is 13.9 Å². The fourth-order valence-electron chi connectivity index (χ4n) is 2.51. The van der Waals surface area contributed by atoms with Crippen LogP contribution in [0.4, 0.5) is 15.8 Å². The zero-order valence-electron chi connectivity index (χ0n) is 12.3. The van der Waals surface area contributed by atoms with Gasteiger partial charge in [0.15, 0.2) is 0 Å². The van der Waals surface area contributed by atoms with Gasteiger partial charge in [0, 0.05) is 19.7 Å². The number of amides is 1. The van der Waals surface area contributed by atoms with Crippen LogP contribution < -0.4 is 11.1 Å². The number of benzene rings is 1. The van der Waals surface area contributed by atoms with E-state index in [2.05, 4.69) is 10.2 Å². The van der Waals surface area contributed by atoms with Crippen molar-refractivity contribution in [3.05, 3.63) is 24.0 Å². The molecule has 1 heterocycles. The molecule has 116 valence electrons. The molecular formula is C15H22FN3O2. The number of nitrogens with one attached hydrogen (secondary N) is 1. The van der Waals surface area contributed by atoms with Gasteiger partial charge in [-0.05, 0) is 38.0 Å². The second-order valence-corrected chi connectivity index (χ2v) is 5.21. The lowest BCUT2D eigenvalue weighted by atomic mass is 10.1. The number of carbonyl (C=O) groups is 1. The molecule has 6 heteroatoms. The van der Waals surface area contributed by atoms with E-state index < -0.39 is 5.82 Å². The first-order valence-electron chi connectivity index (χ1n) is 7.27. The van der Waals surface area contributed by atoms with Crippen molar-refractivity contribution in [1.82, 2.24) is 4.90 Å². The zero-order chi connectivity index (χ0) is 15.2. The predicted molar refractivity (Wildman–Crippen MR) is 80.5 cm³/mol. The maximum Gasteiger partial charge on any atom is 0.238 e. The molecule has 0 aliphatic carbocycles. The molecule has 1 saturated heterocycles. The third kappa shape index (κ3) is 4.68. The number of nitrogen functional groups attached to an aromatic ring is 1. The Kier molecular flexibility index (Phi) is 5.52. The van der Waals surface area contributed by atoms with Crippen molar-refractivity contribution in [2.24, 2.45) is 0 Å². The highest BCUT2D eigenvalue weighted by Gasteiger charge is 2.21. The number of piperidine rings is 1. The first kappa shape index (κ1) is 15.7. The van der Waals surface area contributed by atoms with Crippen LogP contribution in [0, 0.1) is 5.82 Å². The van der Waals surface area contributed by atoms with Crippen LogP contribution in [-0.4, -0.2) is 43.2 Å². The summed E-state index contributed by atoms with van der Waals surface area (Å²) < 4.78 is 18.5. The van der Waals surface area contributed by atoms with Gasteiger partial charge in [0.1, 0.15) is 5.82 Å². The Bertz CT molecular complexity index is 488. The van der Waals surface area contributed by atoms with E-state index in [9.17, 15) is 9.18 Å². The number of ether oxygens (including phenoxy) is 1. The second kappa shape index (κ2) is 7.38. The third-order valence-electron chi connectivity index (χ3n) is 3.59. The number of rotatable bonds is 5. The van der Waals surface area contributed by atoms with Crippen LogP contribution in [0.1, 0.15) is 19.8 Å². The largest absolute Gasteiger partial charge is 0.397 e. The van der Waals surface area contributed by atoms with Crippen LogP contribution in [0.3, 0.4) is 0 Å². The van der Waals surface area contributed by atoms with Crippen molar-refractivity contribution in [2.45, 2.75) is 25.9 Å². The van der Waals surface area contributed by atoms with Gasteiger partial charge in [0.2, 0.25) is 5.91 Å². The number of nitrogens with zero attached hydrogens (tertiary/aromatic N) is 1. The van der Waals surface area contributed by atoms with Gasteiger partial charge in [-0.3, -0.25) is 9.69 Å². The molecule has 0 atom stereocenters. The SMILES string of the molecule is CCOC1CCN(CC(=O)Nc2ccc(F)cc2N)CC1. The lowest BCUT2D eigenvalue weighted by Crippen LogP contribution is -2.41. The minimum Gasteiger partial charge on any atom is -0.397 e. The molecule has 3 N–H and O–H groups in total. The highest BCUT2D eigenvalue weighted by molar-refractivity contribution is 5.95. The van der Waals surface area contributed by atoms with Crippen molar-refractivity contribution in [2.75, 3.05) is 37.3 Å². The van der Waals surface area contributed by atoms with Gasteiger partial charge in [0.05, 0.1) is 24.0 Å². The summed E-state index contributed by atoms with van der Waals surface area (Å²) >= 11 is 0. The number of hydrogen-bond acceptors (Lipinski definition) is 4. The lowest BCUT2D eigenvalue weighted by Gasteiger charge is -2.31. The highest BCUT2D eigenvalue weighted by Crippen LogP contribution is 2.19. The van der Waals surface area contributed by atoms with Crippen LogP contribution in [0.15, 0.2) is 18.2 Å². The Morgan fingerprint density at radius 3 is 2.81 bits per heavy atom. The Labute approximate surface area is 124 Å². The molecule has 0 spiro atoms. The van der Waals surface area contributed by atoms with E-state index in [0.29, 0.717) is 18.3 Å². The molecule has 0 saturated carbocycles. The number of halogens is 1. The van der Waals surface area contributed by atoms with E-state index in [4.69, 9.17) is 10.5 Å². The molecule has 21 heavy (non-hydrogen) atoms. The molecule has 1 aromatic rings. The topological polar surface area (TPSA) is 67.6 Å². The summed E-state index contributed by atoms with van der Waals surface area (Å²) in [6.45, 7) is 4.73. The number of carbonyl (C=O) groups excluding carboxylic acids is 1. The average Bonchev–Trinajstić information content (AvgIpc) is 2.44. The van der Waals surface area contributed by atoms with Crippen molar-refractivity contribution in [3.63, 3.8) is 0 Å². The second-order valence-electron chi connectivity index (χ2n) is 5.21. The van der Waals surface area contributed by atoms with Crippen LogP contribution in [0.25, 0.3) is 0 Å². The van der Waals surface area contributed by atoms with Crippen LogP contribution in [-0.2, 0) is 9.53 Å².